The summed E-state index contributed by atoms with van der Waals surface area (Å²) in [6, 6.07) is 6.19. The van der Waals surface area contributed by atoms with Crippen molar-refractivity contribution in [2.24, 2.45) is 0 Å². The quantitative estimate of drug-likeness (QED) is 0.144. The van der Waals surface area contributed by atoms with Gasteiger partial charge in [0.2, 0.25) is 5.91 Å². The molecule has 0 heterocycles. The Kier molecular flexibility index (Phi) is 15.3. The maximum atomic E-state index is 13.2. The Balaban J connectivity index is 2.97. The standard InChI is InChI=1S/C27H40N4O10/c1-6-38-21(32)15-13-19(29-25(36)40-17-18-11-9-8-10-12-18)23(34)28-20(14-16-22(33)39-7-2)24(35)30-31-26(37)41-27(3,4)5/h8-12,19-20H,6-7,13-17H2,1-5H3,(H,28,34)(H,29,36)(H,30,35)(H,31,37)/t19-,20-/m0/s1. The number of ether oxygens (including phenoxy) is 4. The average molecular weight is 581 g/mol. The Hall–Kier alpha value is -4.36. The summed E-state index contributed by atoms with van der Waals surface area (Å²) in [7, 11) is 0. The molecule has 0 fully saturated rings. The summed E-state index contributed by atoms with van der Waals surface area (Å²) in [5.41, 5.74) is 4.09. The number of benzene rings is 1. The third-order valence-corrected chi connectivity index (χ3v) is 5.03. The van der Waals surface area contributed by atoms with Crippen LogP contribution in [-0.2, 0) is 44.7 Å². The lowest BCUT2D eigenvalue weighted by Gasteiger charge is -2.24. The second-order valence-electron chi connectivity index (χ2n) is 9.62. The molecule has 0 aliphatic heterocycles. The molecule has 1 aromatic carbocycles. The molecule has 0 aromatic heterocycles. The fraction of sp³-hybridized carbons (Fsp3) is 0.556. The van der Waals surface area contributed by atoms with E-state index >= 15 is 0 Å². The van der Waals surface area contributed by atoms with E-state index in [9.17, 15) is 28.8 Å². The largest absolute Gasteiger partial charge is 0.466 e. The van der Waals surface area contributed by atoms with Crippen molar-refractivity contribution in [3.8, 4) is 0 Å². The molecule has 0 aliphatic rings. The van der Waals surface area contributed by atoms with E-state index in [1.54, 1.807) is 65.0 Å². The molecular weight excluding hydrogens is 540 g/mol. The van der Waals surface area contributed by atoms with Crippen LogP contribution < -0.4 is 21.5 Å². The number of alkyl carbamates (subject to hydrolysis) is 1. The maximum absolute atomic E-state index is 13.2. The van der Waals surface area contributed by atoms with Crippen molar-refractivity contribution < 1.29 is 47.7 Å². The van der Waals surface area contributed by atoms with Crippen molar-refractivity contribution in [2.75, 3.05) is 13.2 Å². The van der Waals surface area contributed by atoms with E-state index in [4.69, 9.17) is 18.9 Å². The highest BCUT2D eigenvalue weighted by molar-refractivity contribution is 5.92. The summed E-state index contributed by atoms with van der Waals surface area (Å²) in [5.74, 6) is -2.92. The minimum absolute atomic E-state index is 0.0696. The lowest BCUT2D eigenvalue weighted by atomic mass is 10.1. The van der Waals surface area contributed by atoms with E-state index in [2.05, 4.69) is 21.5 Å². The lowest BCUT2D eigenvalue weighted by Crippen LogP contribution is -2.56. The van der Waals surface area contributed by atoms with Gasteiger partial charge in [0.05, 0.1) is 13.2 Å². The molecule has 14 heteroatoms. The van der Waals surface area contributed by atoms with Gasteiger partial charge in [-0.05, 0) is 53.0 Å². The van der Waals surface area contributed by atoms with E-state index in [0.29, 0.717) is 5.56 Å². The summed E-state index contributed by atoms with van der Waals surface area (Å²) in [4.78, 5) is 74.3. The summed E-state index contributed by atoms with van der Waals surface area (Å²) >= 11 is 0. The molecule has 14 nitrogen and oxygen atoms in total. The van der Waals surface area contributed by atoms with Gasteiger partial charge in [0.15, 0.2) is 0 Å². The molecule has 0 radical (unpaired) electrons. The van der Waals surface area contributed by atoms with Gasteiger partial charge in [-0.2, -0.15) is 0 Å². The molecule has 0 aliphatic carbocycles. The van der Waals surface area contributed by atoms with Gasteiger partial charge in [-0.1, -0.05) is 30.3 Å². The van der Waals surface area contributed by atoms with Gasteiger partial charge in [-0.3, -0.25) is 24.6 Å². The number of nitrogens with one attached hydrogen (secondary N) is 4. The summed E-state index contributed by atoms with van der Waals surface area (Å²) in [5, 5.41) is 4.84. The molecule has 0 bridgehead atoms. The molecular formula is C27H40N4O10. The van der Waals surface area contributed by atoms with Crippen LogP contribution >= 0.6 is 0 Å². The zero-order valence-corrected chi connectivity index (χ0v) is 24.1. The third kappa shape index (κ3) is 15.7. The summed E-state index contributed by atoms with van der Waals surface area (Å²) < 4.78 is 20.0. The number of carbonyl (C=O) groups excluding carboxylic acids is 6. The Bertz CT molecular complexity index is 1030. The number of carbonyl (C=O) groups is 6. The SMILES string of the molecule is CCOC(=O)CC[C@H](NC(=O)OCc1ccccc1)C(=O)N[C@@H](CCC(=O)OCC)C(=O)NNC(=O)OC(C)(C)C. The Labute approximate surface area is 239 Å². The molecule has 0 saturated heterocycles. The first-order chi connectivity index (χ1) is 19.3. The Morgan fingerprint density at radius 3 is 1.76 bits per heavy atom. The number of hydrogen-bond donors (Lipinski definition) is 4. The van der Waals surface area contributed by atoms with E-state index in [0.717, 1.165) is 0 Å². The fourth-order valence-electron chi connectivity index (χ4n) is 3.21. The van der Waals surface area contributed by atoms with Crippen LogP contribution in [0.3, 0.4) is 0 Å². The summed E-state index contributed by atoms with van der Waals surface area (Å²) in [6.07, 6.45) is -2.71. The molecule has 1 rings (SSSR count). The predicted molar refractivity (Wildman–Crippen MR) is 145 cm³/mol. The average Bonchev–Trinajstić information content (AvgIpc) is 2.90. The van der Waals surface area contributed by atoms with Gasteiger partial charge >= 0.3 is 24.1 Å². The first kappa shape index (κ1) is 34.7. The van der Waals surface area contributed by atoms with Gasteiger partial charge in [-0.15, -0.1) is 0 Å². The fourth-order valence-corrected chi connectivity index (χ4v) is 3.21. The number of hydrogen-bond acceptors (Lipinski definition) is 10. The van der Waals surface area contributed by atoms with Gasteiger partial charge in [-0.25, -0.2) is 15.0 Å². The summed E-state index contributed by atoms with van der Waals surface area (Å²) in [6.45, 7) is 8.31. The number of hydrazine groups is 1. The maximum Gasteiger partial charge on any atom is 0.426 e. The van der Waals surface area contributed by atoms with Crippen LogP contribution in [0.4, 0.5) is 9.59 Å². The van der Waals surface area contributed by atoms with Crippen molar-refractivity contribution in [3.63, 3.8) is 0 Å². The first-order valence-corrected chi connectivity index (χ1v) is 13.2. The zero-order chi connectivity index (χ0) is 30.8. The van der Waals surface area contributed by atoms with E-state index in [1.807, 2.05) is 0 Å². The molecule has 0 saturated carbocycles. The van der Waals surface area contributed by atoms with Gasteiger partial charge < -0.3 is 29.6 Å². The second kappa shape index (κ2) is 18.1. The Morgan fingerprint density at radius 1 is 0.707 bits per heavy atom. The topological polar surface area (TPSA) is 187 Å². The second-order valence-corrected chi connectivity index (χ2v) is 9.62. The highest BCUT2D eigenvalue weighted by atomic mass is 16.6. The van der Waals surface area contributed by atoms with Crippen molar-refractivity contribution in [2.45, 2.75) is 84.6 Å². The van der Waals surface area contributed by atoms with Crippen LogP contribution in [0.1, 0.15) is 65.9 Å². The number of rotatable bonds is 14. The van der Waals surface area contributed by atoms with Crippen LogP contribution in [0.15, 0.2) is 30.3 Å². The normalized spacial score (nSPS) is 12.1. The minimum atomic E-state index is -1.34. The minimum Gasteiger partial charge on any atom is -0.466 e. The number of amides is 4. The third-order valence-electron chi connectivity index (χ3n) is 5.03. The van der Waals surface area contributed by atoms with Crippen molar-refractivity contribution in [1.82, 2.24) is 21.5 Å². The van der Waals surface area contributed by atoms with Gasteiger partial charge in [0, 0.05) is 12.8 Å². The molecule has 4 amide bonds. The monoisotopic (exact) mass is 580 g/mol. The zero-order valence-electron chi connectivity index (χ0n) is 24.1. The Morgan fingerprint density at radius 2 is 1.24 bits per heavy atom. The molecule has 1 aromatic rings. The van der Waals surface area contributed by atoms with Crippen LogP contribution in [0.2, 0.25) is 0 Å². The smallest absolute Gasteiger partial charge is 0.426 e. The van der Waals surface area contributed by atoms with Gasteiger partial charge in [0.25, 0.3) is 5.91 Å². The van der Waals surface area contributed by atoms with Crippen LogP contribution in [0.25, 0.3) is 0 Å². The molecule has 0 spiro atoms. The van der Waals surface area contributed by atoms with Crippen LogP contribution in [0, 0.1) is 0 Å². The van der Waals surface area contributed by atoms with E-state index < -0.39 is 53.6 Å². The van der Waals surface area contributed by atoms with Crippen molar-refractivity contribution in [3.05, 3.63) is 35.9 Å². The molecule has 41 heavy (non-hydrogen) atoms. The predicted octanol–water partition coefficient (Wildman–Crippen LogP) is 2.01. The van der Waals surface area contributed by atoms with Crippen LogP contribution in [0.5, 0.6) is 0 Å². The molecule has 228 valence electrons. The van der Waals surface area contributed by atoms with Crippen LogP contribution in [-0.4, -0.2) is 66.8 Å². The highest BCUT2D eigenvalue weighted by Gasteiger charge is 2.29. The van der Waals surface area contributed by atoms with Gasteiger partial charge in [0.1, 0.15) is 24.3 Å². The van der Waals surface area contributed by atoms with Crippen molar-refractivity contribution in [1.29, 1.82) is 0 Å². The van der Waals surface area contributed by atoms with E-state index in [-0.39, 0.29) is 45.5 Å². The highest BCUT2D eigenvalue weighted by Crippen LogP contribution is 2.08. The van der Waals surface area contributed by atoms with Crippen molar-refractivity contribution >= 4 is 35.9 Å². The van der Waals surface area contributed by atoms with E-state index in [1.165, 1.54) is 0 Å². The molecule has 4 N–H and O–H groups in total. The molecule has 0 unspecified atom stereocenters. The lowest BCUT2D eigenvalue weighted by molar-refractivity contribution is -0.145. The molecule has 2 atom stereocenters. The number of esters is 2. The first-order valence-electron chi connectivity index (χ1n) is 13.2.